The number of para-hydroxylation sites is 1. The normalized spacial score (nSPS) is 15.8. The van der Waals surface area contributed by atoms with E-state index >= 15 is 0 Å². The maximum Gasteiger partial charge on any atom is 0.291 e. The van der Waals surface area contributed by atoms with Crippen molar-refractivity contribution < 1.29 is 19.1 Å². The van der Waals surface area contributed by atoms with Crippen LogP contribution in [0.2, 0.25) is 0 Å². The van der Waals surface area contributed by atoms with Crippen LogP contribution in [-0.2, 0) is 0 Å². The molecule has 2 aromatic carbocycles. The first-order valence-corrected chi connectivity index (χ1v) is 7.56. The summed E-state index contributed by atoms with van der Waals surface area (Å²) in [6, 6.07) is 12.4. The van der Waals surface area contributed by atoms with Crippen LogP contribution in [0, 0.1) is 10.1 Å². The quantitative estimate of drug-likeness (QED) is 0.616. The molecule has 0 aliphatic carbocycles. The molecule has 1 aliphatic heterocycles. The molecule has 0 saturated heterocycles. The highest BCUT2D eigenvalue weighted by Gasteiger charge is 2.33. The van der Waals surface area contributed by atoms with Crippen LogP contribution in [0.1, 0.15) is 24.2 Å². The molecule has 0 N–H and O–H groups in total. The summed E-state index contributed by atoms with van der Waals surface area (Å²) >= 11 is 0. The van der Waals surface area contributed by atoms with E-state index in [0.717, 1.165) is 0 Å². The Balaban J connectivity index is 2.04. The second-order valence-electron chi connectivity index (χ2n) is 5.21. The summed E-state index contributed by atoms with van der Waals surface area (Å²) in [5.74, 6) is 1.71. The fourth-order valence-electron chi connectivity index (χ4n) is 2.64. The molecule has 1 atom stereocenters. The summed E-state index contributed by atoms with van der Waals surface area (Å²) in [5.41, 5.74) is 1.31. The summed E-state index contributed by atoms with van der Waals surface area (Å²) in [6.45, 7) is 2.38. The van der Waals surface area contributed by atoms with Crippen molar-refractivity contribution >= 4 is 6.08 Å². The van der Waals surface area contributed by atoms with Gasteiger partial charge in [0.05, 0.1) is 18.6 Å². The lowest BCUT2D eigenvalue weighted by Crippen LogP contribution is -2.19. The SMILES string of the molecule is CCOc1ccc([C@@H]2Oc3ccccc3C=C2[N+](=O)[O-])cc1OC. The first-order valence-electron chi connectivity index (χ1n) is 7.56. The zero-order valence-electron chi connectivity index (χ0n) is 13.4. The predicted molar refractivity (Wildman–Crippen MR) is 88.9 cm³/mol. The van der Waals surface area contributed by atoms with E-state index in [-0.39, 0.29) is 5.70 Å². The molecule has 0 amide bonds. The molecule has 1 aliphatic rings. The minimum atomic E-state index is -0.806. The van der Waals surface area contributed by atoms with E-state index in [1.165, 1.54) is 7.11 Å². The van der Waals surface area contributed by atoms with E-state index in [4.69, 9.17) is 14.2 Å². The van der Waals surface area contributed by atoms with Crippen LogP contribution >= 0.6 is 0 Å². The van der Waals surface area contributed by atoms with Crippen LogP contribution in [0.25, 0.3) is 6.08 Å². The smallest absolute Gasteiger partial charge is 0.291 e. The molecule has 0 bridgehead atoms. The van der Waals surface area contributed by atoms with Crippen LogP contribution < -0.4 is 14.2 Å². The second-order valence-corrected chi connectivity index (χ2v) is 5.21. The minimum absolute atomic E-state index is 0.0140. The molecule has 0 aromatic heterocycles. The molecule has 6 heteroatoms. The van der Waals surface area contributed by atoms with E-state index in [1.807, 2.05) is 19.1 Å². The van der Waals surface area contributed by atoms with Gasteiger partial charge in [-0.1, -0.05) is 24.3 Å². The standard InChI is InChI=1S/C18H17NO5/c1-3-23-16-9-8-13(11-17(16)22-2)18-14(19(20)21)10-12-6-4-5-7-15(12)24-18/h4-11,18H,3H2,1-2H3/t18-/m0/s1. The first-order chi connectivity index (χ1) is 11.6. The van der Waals surface area contributed by atoms with Gasteiger partial charge in [-0.3, -0.25) is 10.1 Å². The number of hydrogen-bond donors (Lipinski definition) is 0. The molecule has 3 rings (SSSR count). The molecule has 0 radical (unpaired) electrons. The summed E-state index contributed by atoms with van der Waals surface area (Å²) in [6.07, 6.45) is 0.742. The van der Waals surface area contributed by atoms with Gasteiger partial charge in [-0.2, -0.15) is 0 Å². The number of nitrogens with zero attached hydrogens (tertiary/aromatic N) is 1. The maximum atomic E-state index is 11.5. The maximum absolute atomic E-state index is 11.5. The van der Waals surface area contributed by atoms with Gasteiger partial charge in [0, 0.05) is 17.2 Å². The molecule has 24 heavy (non-hydrogen) atoms. The Morgan fingerprint density at radius 3 is 2.71 bits per heavy atom. The molecule has 124 valence electrons. The summed E-state index contributed by atoms with van der Waals surface area (Å²) in [7, 11) is 1.53. The van der Waals surface area contributed by atoms with Gasteiger partial charge in [0.25, 0.3) is 5.70 Å². The fourth-order valence-corrected chi connectivity index (χ4v) is 2.64. The number of ether oxygens (including phenoxy) is 3. The van der Waals surface area contributed by atoms with E-state index in [0.29, 0.717) is 35.0 Å². The van der Waals surface area contributed by atoms with E-state index in [2.05, 4.69) is 0 Å². The Bertz CT molecular complexity index is 800. The zero-order valence-corrected chi connectivity index (χ0v) is 13.4. The van der Waals surface area contributed by atoms with Gasteiger partial charge in [0.1, 0.15) is 5.75 Å². The Hall–Kier alpha value is -3.02. The van der Waals surface area contributed by atoms with Gasteiger partial charge in [0.15, 0.2) is 11.5 Å². The highest BCUT2D eigenvalue weighted by Crippen LogP contribution is 2.39. The molecule has 0 unspecified atom stereocenters. The first kappa shape index (κ1) is 15.9. The highest BCUT2D eigenvalue weighted by molar-refractivity contribution is 5.62. The van der Waals surface area contributed by atoms with E-state index in [9.17, 15) is 10.1 Å². The van der Waals surface area contributed by atoms with Crippen molar-refractivity contribution in [3.8, 4) is 17.2 Å². The summed E-state index contributed by atoms with van der Waals surface area (Å²) < 4.78 is 16.7. The largest absolute Gasteiger partial charge is 0.493 e. The van der Waals surface area contributed by atoms with Crippen LogP contribution in [0.5, 0.6) is 17.2 Å². The third-order valence-electron chi connectivity index (χ3n) is 3.74. The van der Waals surface area contributed by atoms with Crippen molar-refractivity contribution in [3.05, 3.63) is 69.4 Å². The monoisotopic (exact) mass is 327 g/mol. The van der Waals surface area contributed by atoms with Crippen LogP contribution in [0.3, 0.4) is 0 Å². The molecule has 0 fully saturated rings. The van der Waals surface area contributed by atoms with Gasteiger partial charge >= 0.3 is 0 Å². The van der Waals surface area contributed by atoms with Gasteiger partial charge in [0.2, 0.25) is 6.10 Å². The molecule has 1 heterocycles. The highest BCUT2D eigenvalue weighted by atomic mass is 16.6. The topological polar surface area (TPSA) is 70.8 Å². The van der Waals surface area contributed by atoms with Crippen molar-refractivity contribution in [3.63, 3.8) is 0 Å². The fraction of sp³-hybridized carbons (Fsp3) is 0.222. The van der Waals surface area contributed by atoms with Gasteiger partial charge in [-0.15, -0.1) is 0 Å². The number of hydrogen-bond acceptors (Lipinski definition) is 5. The van der Waals surface area contributed by atoms with Crippen LogP contribution in [0.15, 0.2) is 48.2 Å². The van der Waals surface area contributed by atoms with E-state index < -0.39 is 11.0 Å². The Morgan fingerprint density at radius 1 is 1.21 bits per heavy atom. The average molecular weight is 327 g/mol. The summed E-state index contributed by atoms with van der Waals surface area (Å²) in [5, 5.41) is 11.5. The van der Waals surface area contributed by atoms with Crippen molar-refractivity contribution in [1.29, 1.82) is 0 Å². The Labute approximate surface area is 139 Å². The third kappa shape index (κ3) is 2.90. The van der Waals surface area contributed by atoms with Crippen molar-refractivity contribution in [1.82, 2.24) is 0 Å². The molecule has 0 saturated carbocycles. The predicted octanol–water partition coefficient (Wildman–Crippen LogP) is 3.85. The number of methoxy groups -OCH3 is 1. The third-order valence-corrected chi connectivity index (χ3v) is 3.74. The van der Waals surface area contributed by atoms with Gasteiger partial charge in [-0.05, 0) is 25.1 Å². The number of rotatable bonds is 5. The average Bonchev–Trinajstić information content (AvgIpc) is 2.61. The van der Waals surface area contributed by atoms with Crippen molar-refractivity contribution in [2.24, 2.45) is 0 Å². The number of fused-ring (bicyclic) bond motifs is 1. The molecule has 6 nitrogen and oxygen atoms in total. The second kappa shape index (κ2) is 6.62. The zero-order chi connectivity index (χ0) is 17.1. The van der Waals surface area contributed by atoms with Crippen molar-refractivity contribution in [2.75, 3.05) is 13.7 Å². The number of benzene rings is 2. The molecule has 2 aromatic rings. The van der Waals surface area contributed by atoms with Crippen LogP contribution in [-0.4, -0.2) is 18.6 Å². The molecular weight excluding hydrogens is 310 g/mol. The Morgan fingerprint density at radius 2 is 2.00 bits per heavy atom. The van der Waals surface area contributed by atoms with Crippen molar-refractivity contribution in [2.45, 2.75) is 13.0 Å². The lowest BCUT2D eigenvalue weighted by molar-refractivity contribution is -0.434. The molecule has 0 spiro atoms. The lowest BCUT2D eigenvalue weighted by Gasteiger charge is -2.23. The van der Waals surface area contributed by atoms with Crippen LogP contribution in [0.4, 0.5) is 0 Å². The van der Waals surface area contributed by atoms with Gasteiger partial charge in [-0.25, -0.2) is 0 Å². The number of nitro groups is 1. The Kier molecular flexibility index (Phi) is 4.37. The van der Waals surface area contributed by atoms with Gasteiger partial charge < -0.3 is 14.2 Å². The molecular formula is C18H17NO5. The summed E-state index contributed by atoms with van der Waals surface area (Å²) in [4.78, 5) is 11.1. The van der Waals surface area contributed by atoms with E-state index in [1.54, 1.807) is 36.4 Å². The lowest BCUT2D eigenvalue weighted by atomic mass is 10.0. The minimum Gasteiger partial charge on any atom is -0.493 e.